The van der Waals surface area contributed by atoms with Gasteiger partial charge in [-0.15, -0.1) is 0 Å². The highest BCUT2D eigenvalue weighted by molar-refractivity contribution is 5.81. The van der Waals surface area contributed by atoms with Crippen LogP contribution >= 0.6 is 0 Å². The predicted molar refractivity (Wildman–Crippen MR) is 107 cm³/mol. The molecule has 5 heteroatoms. The molecule has 0 bridgehead atoms. The number of pyridine rings is 1. The van der Waals surface area contributed by atoms with Gasteiger partial charge in [0.15, 0.2) is 0 Å². The van der Waals surface area contributed by atoms with Crippen LogP contribution in [0.2, 0.25) is 0 Å². The van der Waals surface area contributed by atoms with Gasteiger partial charge in [-0.05, 0) is 54.7 Å². The molecule has 0 spiro atoms. The van der Waals surface area contributed by atoms with Crippen LogP contribution in [0.4, 0.5) is 0 Å². The second-order valence-corrected chi connectivity index (χ2v) is 7.78. The van der Waals surface area contributed by atoms with Gasteiger partial charge in [0.1, 0.15) is 17.5 Å². The third-order valence-corrected chi connectivity index (χ3v) is 5.94. The lowest BCUT2D eigenvalue weighted by atomic mass is 9.90. The van der Waals surface area contributed by atoms with E-state index < -0.39 is 0 Å². The fourth-order valence-electron chi connectivity index (χ4n) is 4.41. The summed E-state index contributed by atoms with van der Waals surface area (Å²) in [6.07, 6.45) is 9.19. The molecule has 0 saturated heterocycles. The number of nitriles is 1. The Morgan fingerprint density at radius 1 is 1.14 bits per heavy atom. The maximum absolute atomic E-state index is 8.94. The van der Waals surface area contributed by atoms with Crippen molar-refractivity contribution in [2.75, 3.05) is 6.61 Å². The Kier molecular flexibility index (Phi) is 4.32. The lowest BCUT2D eigenvalue weighted by Gasteiger charge is -2.21. The SMILES string of the molecule is N#Cc1ccc(-c2n[nH]c3c2Cc2cc(OCC4CCCCC4)ccc2-3)cn1. The van der Waals surface area contributed by atoms with Gasteiger partial charge in [0.2, 0.25) is 0 Å². The molecular weight excluding hydrogens is 348 g/mol. The molecule has 0 atom stereocenters. The lowest BCUT2D eigenvalue weighted by Crippen LogP contribution is -2.15. The van der Waals surface area contributed by atoms with Crippen LogP contribution in [0.5, 0.6) is 5.75 Å². The number of H-pyrrole nitrogens is 1. The fourth-order valence-corrected chi connectivity index (χ4v) is 4.41. The van der Waals surface area contributed by atoms with Gasteiger partial charge in [-0.1, -0.05) is 19.3 Å². The van der Waals surface area contributed by atoms with E-state index in [1.54, 1.807) is 12.3 Å². The molecule has 2 aliphatic rings. The van der Waals surface area contributed by atoms with Gasteiger partial charge in [-0.25, -0.2) is 4.98 Å². The van der Waals surface area contributed by atoms with Crippen LogP contribution in [-0.2, 0) is 6.42 Å². The minimum absolute atomic E-state index is 0.416. The summed E-state index contributed by atoms with van der Waals surface area (Å²) in [6.45, 7) is 0.827. The van der Waals surface area contributed by atoms with Gasteiger partial charge in [0.05, 0.1) is 18.0 Å². The number of nitrogens with one attached hydrogen (secondary N) is 1. The van der Waals surface area contributed by atoms with E-state index in [-0.39, 0.29) is 0 Å². The number of benzene rings is 1. The van der Waals surface area contributed by atoms with E-state index in [4.69, 9.17) is 10.00 Å². The van der Waals surface area contributed by atoms with E-state index in [1.807, 2.05) is 6.07 Å². The maximum atomic E-state index is 8.94. The van der Waals surface area contributed by atoms with Crippen LogP contribution in [0.25, 0.3) is 22.5 Å². The molecule has 2 heterocycles. The number of fused-ring (bicyclic) bond motifs is 3. The molecule has 0 aliphatic heterocycles. The molecule has 140 valence electrons. The van der Waals surface area contributed by atoms with Crippen LogP contribution in [0.15, 0.2) is 36.5 Å². The summed E-state index contributed by atoms with van der Waals surface area (Å²) < 4.78 is 6.12. The normalized spacial score (nSPS) is 15.7. The molecule has 1 aromatic carbocycles. The average molecular weight is 370 g/mol. The maximum Gasteiger partial charge on any atom is 0.140 e. The molecule has 2 aromatic heterocycles. The topological polar surface area (TPSA) is 74.6 Å². The van der Waals surface area contributed by atoms with Crippen LogP contribution in [0.1, 0.15) is 48.9 Å². The summed E-state index contributed by atoms with van der Waals surface area (Å²) in [6, 6.07) is 12.1. The van der Waals surface area contributed by atoms with Gasteiger partial charge in [0, 0.05) is 29.3 Å². The Labute approximate surface area is 164 Å². The number of nitrogens with zero attached hydrogens (tertiary/aromatic N) is 3. The van der Waals surface area contributed by atoms with Crippen molar-refractivity contribution in [3.05, 3.63) is 53.3 Å². The van der Waals surface area contributed by atoms with Crippen molar-refractivity contribution in [3.8, 4) is 34.3 Å². The molecule has 1 saturated carbocycles. The number of hydrogen-bond donors (Lipinski definition) is 1. The van der Waals surface area contributed by atoms with Crippen LogP contribution in [0.3, 0.4) is 0 Å². The minimum atomic E-state index is 0.416. The molecule has 5 nitrogen and oxygen atoms in total. The van der Waals surface area contributed by atoms with E-state index >= 15 is 0 Å². The van der Waals surface area contributed by atoms with Crippen LogP contribution in [-0.4, -0.2) is 21.8 Å². The molecule has 1 N–H and O–H groups in total. The zero-order valence-corrected chi connectivity index (χ0v) is 15.7. The summed E-state index contributed by atoms with van der Waals surface area (Å²) in [7, 11) is 0. The molecule has 28 heavy (non-hydrogen) atoms. The predicted octanol–water partition coefficient (Wildman–Crippen LogP) is 4.87. The van der Waals surface area contributed by atoms with Crippen molar-refractivity contribution in [2.24, 2.45) is 5.92 Å². The second-order valence-electron chi connectivity index (χ2n) is 7.78. The Balaban J connectivity index is 1.35. The number of rotatable bonds is 4. The smallest absolute Gasteiger partial charge is 0.140 e. The molecule has 0 unspecified atom stereocenters. The molecule has 1 fully saturated rings. The van der Waals surface area contributed by atoms with E-state index in [9.17, 15) is 0 Å². The summed E-state index contributed by atoms with van der Waals surface area (Å²) in [5, 5.41) is 16.6. The average Bonchev–Trinajstić information content (AvgIpc) is 3.32. The van der Waals surface area contributed by atoms with Crippen molar-refractivity contribution in [1.82, 2.24) is 15.2 Å². The lowest BCUT2D eigenvalue weighted by molar-refractivity contribution is 0.209. The minimum Gasteiger partial charge on any atom is -0.493 e. The van der Waals surface area contributed by atoms with Gasteiger partial charge < -0.3 is 4.74 Å². The molecule has 0 amide bonds. The van der Waals surface area contributed by atoms with Gasteiger partial charge in [0.25, 0.3) is 0 Å². The Bertz CT molecular complexity index is 1040. The first-order valence-corrected chi connectivity index (χ1v) is 10.0. The molecule has 2 aliphatic carbocycles. The van der Waals surface area contributed by atoms with Crippen molar-refractivity contribution < 1.29 is 4.74 Å². The first-order chi connectivity index (χ1) is 13.8. The van der Waals surface area contributed by atoms with Crippen molar-refractivity contribution in [3.63, 3.8) is 0 Å². The monoisotopic (exact) mass is 370 g/mol. The number of ether oxygens (including phenoxy) is 1. The molecule has 0 radical (unpaired) electrons. The van der Waals surface area contributed by atoms with Crippen LogP contribution in [0, 0.1) is 17.2 Å². The number of aromatic nitrogens is 3. The Hall–Kier alpha value is -3.13. The number of hydrogen-bond acceptors (Lipinski definition) is 4. The zero-order valence-electron chi connectivity index (χ0n) is 15.7. The summed E-state index contributed by atoms with van der Waals surface area (Å²) in [4.78, 5) is 4.18. The summed E-state index contributed by atoms with van der Waals surface area (Å²) in [5.74, 6) is 1.67. The van der Waals surface area contributed by atoms with E-state index in [1.165, 1.54) is 48.8 Å². The highest BCUT2D eigenvalue weighted by atomic mass is 16.5. The zero-order chi connectivity index (χ0) is 18.9. The van der Waals surface area contributed by atoms with E-state index in [0.29, 0.717) is 11.6 Å². The first kappa shape index (κ1) is 17.0. The highest BCUT2D eigenvalue weighted by Crippen LogP contribution is 2.41. The third-order valence-electron chi connectivity index (χ3n) is 5.94. The second kappa shape index (κ2) is 7.12. The first-order valence-electron chi connectivity index (χ1n) is 10.0. The van der Waals surface area contributed by atoms with Crippen molar-refractivity contribution >= 4 is 0 Å². The van der Waals surface area contributed by atoms with Gasteiger partial charge in [-0.3, -0.25) is 5.10 Å². The third kappa shape index (κ3) is 3.05. The number of aromatic amines is 1. The highest BCUT2D eigenvalue weighted by Gasteiger charge is 2.26. The Morgan fingerprint density at radius 3 is 2.82 bits per heavy atom. The quantitative estimate of drug-likeness (QED) is 0.556. The largest absolute Gasteiger partial charge is 0.493 e. The standard InChI is InChI=1S/C23H22N4O/c24-12-18-7-6-16(13-25-18)22-21-11-17-10-19(8-9-20(17)23(21)27-26-22)28-14-15-4-2-1-3-5-15/h6-10,13,15H,1-5,11,14H2,(H,26,27). The Morgan fingerprint density at radius 2 is 2.04 bits per heavy atom. The van der Waals surface area contributed by atoms with Crippen LogP contribution < -0.4 is 4.74 Å². The van der Waals surface area contributed by atoms with E-state index in [0.717, 1.165) is 35.7 Å². The fraction of sp³-hybridized carbons (Fsp3) is 0.348. The summed E-state index contributed by atoms with van der Waals surface area (Å²) >= 11 is 0. The van der Waals surface area contributed by atoms with Crippen molar-refractivity contribution in [1.29, 1.82) is 5.26 Å². The van der Waals surface area contributed by atoms with Crippen molar-refractivity contribution in [2.45, 2.75) is 38.5 Å². The molecule has 5 rings (SSSR count). The van der Waals surface area contributed by atoms with Gasteiger partial charge in [-0.2, -0.15) is 10.4 Å². The molecule has 3 aromatic rings. The molecular formula is C23H22N4O. The summed E-state index contributed by atoms with van der Waals surface area (Å²) in [5.41, 5.74) is 6.98. The van der Waals surface area contributed by atoms with Gasteiger partial charge >= 0.3 is 0 Å². The van der Waals surface area contributed by atoms with E-state index in [2.05, 4.69) is 39.4 Å².